The summed E-state index contributed by atoms with van der Waals surface area (Å²) in [6.07, 6.45) is -0.0226. The number of rotatable bonds is 5. The van der Waals surface area contributed by atoms with Gasteiger partial charge >= 0.3 is 5.97 Å². The van der Waals surface area contributed by atoms with E-state index in [0.29, 0.717) is 0 Å². The maximum atomic E-state index is 11.4. The van der Waals surface area contributed by atoms with E-state index in [2.05, 4.69) is 10.3 Å². The molecule has 1 atom stereocenters. The van der Waals surface area contributed by atoms with Crippen LogP contribution in [-0.2, 0) is 4.79 Å². The first-order chi connectivity index (χ1) is 7.15. The standard InChI is InChI=1S/C8H10N2O4S/c11-2-1-5(8(13)14)10-7(12)6-3-15-4-9-6/h3-5,11H,1-2H2,(H,10,12)(H,13,14). The number of aromatic nitrogens is 1. The topological polar surface area (TPSA) is 99.5 Å². The zero-order valence-corrected chi connectivity index (χ0v) is 8.53. The van der Waals surface area contributed by atoms with Crippen molar-refractivity contribution in [2.45, 2.75) is 12.5 Å². The quantitative estimate of drug-likeness (QED) is 0.645. The summed E-state index contributed by atoms with van der Waals surface area (Å²) < 4.78 is 0. The summed E-state index contributed by atoms with van der Waals surface area (Å²) in [5, 5.41) is 21.1. The second-order valence-electron chi connectivity index (χ2n) is 2.75. The molecule has 1 heterocycles. The van der Waals surface area contributed by atoms with E-state index in [1.165, 1.54) is 22.2 Å². The number of aliphatic hydroxyl groups excluding tert-OH is 1. The predicted octanol–water partition coefficient (Wildman–Crippen LogP) is -0.292. The van der Waals surface area contributed by atoms with Gasteiger partial charge in [0.25, 0.3) is 5.91 Å². The van der Waals surface area contributed by atoms with Crippen molar-refractivity contribution in [1.29, 1.82) is 0 Å². The van der Waals surface area contributed by atoms with E-state index in [-0.39, 0.29) is 18.7 Å². The highest BCUT2D eigenvalue weighted by Gasteiger charge is 2.20. The van der Waals surface area contributed by atoms with Gasteiger partial charge in [-0.05, 0) is 0 Å². The number of nitrogens with one attached hydrogen (secondary N) is 1. The van der Waals surface area contributed by atoms with Crippen LogP contribution in [0.1, 0.15) is 16.9 Å². The lowest BCUT2D eigenvalue weighted by atomic mass is 10.2. The molecular weight excluding hydrogens is 220 g/mol. The van der Waals surface area contributed by atoms with E-state index >= 15 is 0 Å². The van der Waals surface area contributed by atoms with Crippen LogP contribution in [0, 0.1) is 0 Å². The lowest BCUT2D eigenvalue weighted by molar-refractivity contribution is -0.139. The Morgan fingerprint density at radius 3 is 2.80 bits per heavy atom. The van der Waals surface area contributed by atoms with Gasteiger partial charge in [0, 0.05) is 18.4 Å². The first kappa shape index (κ1) is 11.6. The normalized spacial score (nSPS) is 12.1. The first-order valence-electron chi connectivity index (χ1n) is 4.18. The molecular formula is C8H10N2O4S. The Morgan fingerprint density at radius 1 is 1.60 bits per heavy atom. The zero-order valence-electron chi connectivity index (χ0n) is 7.71. The van der Waals surface area contributed by atoms with Crippen LogP contribution in [0.25, 0.3) is 0 Å². The van der Waals surface area contributed by atoms with Gasteiger partial charge in [-0.15, -0.1) is 11.3 Å². The minimum atomic E-state index is -1.17. The van der Waals surface area contributed by atoms with E-state index < -0.39 is 17.9 Å². The average molecular weight is 230 g/mol. The Balaban J connectivity index is 2.59. The minimum absolute atomic E-state index is 0.0226. The van der Waals surface area contributed by atoms with Crippen molar-refractivity contribution in [1.82, 2.24) is 10.3 Å². The van der Waals surface area contributed by atoms with Crippen molar-refractivity contribution < 1.29 is 19.8 Å². The molecule has 1 unspecified atom stereocenters. The average Bonchev–Trinajstić information content (AvgIpc) is 2.69. The molecule has 7 heteroatoms. The van der Waals surface area contributed by atoms with Crippen molar-refractivity contribution in [2.24, 2.45) is 0 Å². The minimum Gasteiger partial charge on any atom is -0.480 e. The number of carbonyl (C=O) groups excluding carboxylic acids is 1. The van der Waals surface area contributed by atoms with Gasteiger partial charge in [-0.1, -0.05) is 0 Å². The van der Waals surface area contributed by atoms with Gasteiger partial charge in [-0.2, -0.15) is 0 Å². The molecule has 0 aliphatic heterocycles. The molecule has 0 aromatic carbocycles. The van der Waals surface area contributed by atoms with Crippen molar-refractivity contribution in [3.63, 3.8) is 0 Å². The maximum absolute atomic E-state index is 11.4. The summed E-state index contributed by atoms with van der Waals surface area (Å²) in [5.74, 6) is -1.72. The SMILES string of the molecule is O=C(NC(CCO)C(=O)O)c1cscn1. The lowest BCUT2D eigenvalue weighted by Crippen LogP contribution is -2.41. The molecule has 0 radical (unpaired) electrons. The molecule has 6 nitrogen and oxygen atoms in total. The molecule has 1 amide bonds. The number of thiazole rings is 1. The highest BCUT2D eigenvalue weighted by Crippen LogP contribution is 2.02. The van der Waals surface area contributed by atoms with Gasteiger partial charge in [-0.3, -0.25) is 4.79 Å². The van der Waals surface area contributed by atoms with Gasteiger partial charge < -0.3 is 15.5 Å². The Morgan fingerprint density at radius 2 is 2.33 bits per heavy atom. The first-order valence-corrected chi connectivity index (χ1v) is 5.12. The molecule has 15 heavy (non-hydrogen) atoms. The summed E-state index contributed by atoms with van der Waals surface area (Å²) in [6.45, 7) is -0.297. The lowest BCUT2D eigenvalue weighted by Gasteiger charge is -2.11. The Hall–Kier alpha value is -1.47. The molecule has 0 saturated carbocycles. The van der Waals surface area contributed by atoms with Crippen LogP contribution in [0.4, 0.5) is 0 Å². The molecule has 3 N–H and O–H groups in total. The fraction of sp³-hybridized carbons (Fsp3) is 0.375. The van der Waals surface area contributed by atoms with Crippen LogP contribution >= 0.6 is 11.3 Å². The van der Waals surface area contributed by atoms with Crippen LogP contribution < -0.4 is 5.32 Å². The van der Waals surface area contributed by atoms with Crippen LogP contribution in [0.3, 0.4) is 0 Å². The second kappa shape index (κ2) is 5.42. The second-order valence-corrected chi connectivity index (χ2v) is 3.47. The summed E-state index contributed by atoms with van der Waals surface area (Å²) in [4.78, 5) is 25.8. The number of aliphatic carboxylic acids is 1. The number of carboxylic acid groups (broad SMARTS) is 1. The fourth-order valence-electron chi connectivity index (χ4n) is 0.943. The van der Waals surface area contributed by atoms with Gasteiger partial charge in [-0.25, -0.2) is 9.78 Å². The van der Waals surface area contributed by atoms with Gasteiger partial charge in [0.1, 0.15) is 11.7 Å². The molecule has 0 spiro atoms. The summed E-state index contributed by atoms with van der Waals surface area (Å²) in [6, 6.07) is -1.08. The number of hydrogen-bond donors (Lipinski definition) is 3. The smallest absolute Gasteiger partial charge is 0.326 e. The van der Waals surface area contributed by atoms with E-state index in [1.54, 1.807) is 0 Å². The molecule has 0 saturated heterocycles. The number of carboxylic acids is 1. The molecule has 0 aliphatic rings. The van der Waals surface area contributed by atoms with Crippen LogP contribution in [0.5, 0.6) is 0 Å². The highest BCUT2D eigenvalue weighted by molar-refractivity contribution is 7.07. The van der Waals surface area contributed by atoms with Crippen molar-refractivity contribution in [3.05, 3.63) is 16.6 Å². The third kappa shape index (κ3) is 3.30. The van der Waals surface area contributed by atoms with E-state index in [0.717, 1.165) is 0 Å². The number of carbonyl (C=O) groups is 2. The molecule has 82 valence electrons. The third-order valence-electron chi connectivity index (χ3n) is 1.69. The van der Waals surface area contributed by atoms with E-state index in [4.69, 9.17) is 10.2 Å². The van der Waals surface area contributed by atoms with Crippen molar-refractivity contribution in [2.75, 3.05) is 6.61 Å². The van der Waals surface area contributed by atoms with Crippen LogP contribution in [0.2, 0.25) is 0 Å². The fourth-order valence-corrected chi connectivity index (χ4v) is 1.48. The third-order valence-corrected chi connectivity index (χ3v) is 2.27. The molecule has 0 fully saturated rings. The molecule has 1 aromatic rings. The molecule has 1 rings (SSSR count). The van der Waals surface area contributed by atoms with Crippen LogP contribution in [0.15, 0.2) is 10.9 Å². The zero-order chi connectivity index (χ0) is 11.3. The summed E-state index contributed by atoms with van der Waals surface area (Å²) in [5.41, 5.74) is 1.67. The number of aliphatic hydroxyl groups is 1. The molecule has 1 aromatic heterocycles. The van der Waals surface area contributed by atoms with Crippen molar-refractivity contribution in [3.8, 4) is 0 Å². The molecule has 0 bridgehead atoms. The van der Waals surface area contributed by atoms with Crippen LogP contribution in [-0.4, -0.2) is 39.7 Å². The predicted molar refractivity (Wildman–Crippen MR) is 52.7 cm³/mol. The van der Waals surface area contributed by atoms with E-state index in [9.17, 15) is 9.59 Å². The van der Waals surface area contributed by atoms with Gasteiger partial charge in [0.05, 0.1) is 5.51 Å². The van der Waals surface area contributed by atoms with Gasteiger partial charge in [0.15, 0.2) is 0 Å². The summed E-state index contributed by atoms with van der Waals surface area (Å²) in [7, 11) is 0. The monoisotopic (exact) mass is 230 g/mol. The largest absolute Gasteiger partial charge is 0.480 e. The number of hydrogen-bond acceptors (Lipinski definition) is 5. The van der Waals surface area contributed by atoms with Crippen molar-refractivity contribution >= 4 is 23.2 Å². The number of nitrogens with zero attached hydrogens (tertiary/aromatic N) is 1. The Kier molecular flexibility index (Phi) is 4.19. The Bertz CT molecular complexity index is 338. The maximum Gasteiger partial charge on any atom is 0.326 e. The summed E-state index contributed by atoms with van der Waals surface area (Å²) >= 11 is 1.25. The highest BCUT2D eigenvalue weighted by atomic mass is 32.1. The van der Waals surface area contributed by atoms with Gasteiger partial charge in [0.2, 0.25) is 0 Å². The molecule has 0 aliphatic carbocycles. The van der Waals surface area contributed by atoms with E-state index in [1.807, 2.05) is 0 Å². The Labute approximate surface area is 89.6 Å². The number of amides is 1.